The Morgan fingerprint density at radius 3 is 2.60 bits per heavy atom. The zero-order chi connectivity index (χ0) is 14.3. The Balaban J connectivity index is 1.82. The van der Waals surface area contributed by atoms with Crippen molar-refractivity contribution in [1.29, 1.82) is 0 Å². The number of halogens is 1. The predicted molar refractivity (Wildman–Crippen MR) is 75.7 cm³/mol. The van der Waals surface area contributed by atoms with Gasteiger partial charge in [-0.25, -0.2) is 0 Å². The maximum Gasteiger partial charge on any atom is 0.274 e. The number of Topliss-reactive ketones (excluding diaryl/α,β-unsaturated/α-hetero) is 1. The topological polar surface area (TPSA) is 69.4 Å². The second-order valence-corrected chi connectivity index (χ2v) is 6.41. The lowest BCUT2D eigenvalue weighted by Crippen LogP contribution is -2.55. The van der Waals surface area contributed by atoms with Gasteiger partial charge in [-0.1, -0.05) is 28.8 Å². The van der Waals surface area contributed by atoms with Crippen LogP contribution in [0.3, 0.4) is 0 Å². The number of nitrogens with zero attached hydrogens (tertiary/aromatic N) is 1. The summed E-state index contributed by atoms with van der Waals surface area (Å²) in [5.74, 6) is 0.736. The van der Waals surface area contributed by atoms with Gasteiger partial charge in [0.25, 0.3) is 5.69 Å². The molecular weight excluding hydrogens is 326 g/mol. The third-order valence-electron chi connectivity index (χ3n) is 4.38. The summed E-state index contributed by atoms with van der Waals surface area (Å²) in [6, 6.07) is 4.55. The zero-order valence-corrected chi connectivity index (χ0v) is 12.4. The van der Waals surface area contributed by atoms with Crippen LogP contribution in [0.1, 0.15) is 32.1 Å². The van der Waals surface area contributed by atoms with Gasteiger partial charge in [0.2, 0.25) is 0 Å². The van der Waals surface area contributed by atoms with E-state index in [0.29, 0.717) is 16.6 Å². The molecule has 0 radical (unpaired) electrons. The van der Waals surface area contributed by atoms with Crippen LogP contribution in [0.15, 0.2) is 22.7 Å². The molecule has 3 rings (SSSR count). The summed E-state index contributed by atoms with van der Waals surface area (Å²) >= 11 is 3.25. The Kier molecular flexibility index (Phi) is 3.28. The van der Waals surface area contributed by atoms with Crippen LogP contribution >= 0.6 is 15.9 Å². The van der Waals surface area contributed by atoms with Crippen molar-refractivity contribution in [2.75, 3.05) is 0 Å². The fourth-order valence-electron chi connectivity index (χ4n) is 3.26. The quantitative estimate of drug-likeness (QED) is 0.622. The summed E-state index contributed by atoms with van der Waals surface area (Å²) in [7, 11) is 0. The van der Waals surface area contributed by atoms with E-state index in [4.69, 9.17) is 4.74 Å². The molecular formula is C14H14BrNO4. The molecule has 0 saturated heterocycles. The summed E-state index contributed by atoms with van der Waals surface area (Å²) in [6.45, 7) is 0. The first-order valence-corrected chi connectivity index (χ1v) is 7.45. The van der Waals surface area contributed by atoms with Crippen molar-refractivity contribution in [1.82, 2.24) is 0 Å². The largest absolute Gasteiger partial charge is 0.489 e. The lowest BCUT2D eigenvalue weighted by atomic mass is 9.63. The monoisotopic (exact) mass is 339 g/mol. The molecule has 106 valence electrons. The van der Waals surface area contributed by atoms with Gasteiger partial charge in [0.05, 0.1) is 16.4 Å². The first-order chi connectivity index (χ1) is 9.51. The highest BCUT2D eigenvalue weighted by Gasteiger charge is 2.57. The Morgan fingerprint density at radius 2 is 2.00 bits per heavy atom. The smallest absolute Gasteiger partial charge is 0.274 e. The molecule has 6 heteroatoms. The number of nitro benzene ring substituents is 1. The van der Waals surface area contributed by atoms with E-state index in [0.717, 1.165) is 25.7 Å². The third-order valence-corrected chi connectivity index (χ3v) is 4.84. The van der Waals surface area contributed by atoms with Gasteiger partial charge in [-0.15, -0.1) is 0 Å². The molecule has 0 bridgehead atoms. The molecule has 0 amide bonds. The minimum absolute atomic E-state index is 0.0134. The van der Waals surface area contributed by atoms with Gasteiger partial charge in [-0.2, -0.15) is 0 Å². The van der Waals surface area contributed by atoms with Gasteiger partial charge in [0, 0.05) is 17.0 Å². The van der Waals surface area contributed by atoms with Gasteiger partial charge < -0.3 is 4.74 Å². The molecule has 0 aromatic heterocycles. The second-order valence-electron chi connectivity index (χ2n) is 5.50. The maximum absolute atomic E-state index is 11.9. The van der Waals surface area contributed by atoms with Crippen molar-refractivity contribution in [3.63, 3.8) is 0 Å². The summed E-state index contributed by atoms with van der Waals surface area (Å²) in [6.07, 6.45) is 4.17. The van der Waals surface area contributed by atoms with Crippen LogP contribution < -0.4 is 4.74 Å². The maximum atomic E-state index is 11.9. The van der Waals surface area contributed by atoms with Gasteiger partial charge in [0.1, 0.15) is 17.6 Å². The highest BCUT2D eigenvalue weighted by atomic mass is 79.9. The Labute approximate surface area is 124 Å². The molecule has 1 aromatic rings. The van der Waals surface area contributed by atoms with Crippen LogP contribution in [0.5, 0.6) is 5.75 Å². The molecule has 2 aliphatic carbocycles. The lowest BCUT2D eigenvalue weighted by Gasteiger charge is -2.44. The number of carbonyl (C=O) groups is 1. The average Bonchev–Trinajstić information content (AvgIpc) is 2.90. The average molecular weight is 340 g/mol. The Morgan fingerprint density at radius 1 is 1.30 bits per heavy atom. The second kappa shape index (κ2) is 4.84. The van der Waals surface area contributed by atoms with Gasteiger partial charge >= 0.3 is 0 Å². The number of ether oxygens (including phenoxy) is 1. The van der Waals surface area contributed by atoms with Crippen molar-refractivity contribution < 1.29 is 14.5 Å². The van der Waals surface area contributed by atoms with Gasteiger partial charge in [-0.05, 0) is 18.9 Å². The first kappa shape index (κ1) is 13.5. The van der Waals surface area contributed by atoms with Gasteiger partial charge in [0.15, 0.2) is 0 Å². The van der Waals surface area contributed by atoms with E-state index in [1.807, 2.05) is 0 Å². The summed E-state index contributed by atoms with van der Waals surface area (Å²) in [5.41, 5.74) is -0.336. The van der Waals surface area contributed by atoms with E-state index >= 15 is 0 Å². The van der Waals surface area contributed by atoms with E-state index in [1.165, 1.54) is 12.1 Å². The normalized spacial score (nSPS) is 23.6. The Hall–Kier alpha value is -1.43. The zero-order valence-electron chi connectivity index (χ0n) is 10.8. The number of nitro groups is 1. The van der Waals surface area contributed by atoms with Crippen LogP contribution in [0.2, 0.25) is 0 Å². The van der Waals surface area contributed by atoms with Crippen LogP contribution in [-0.4, -0.2) is 16.8 Å². The van der Waals surface area contributed by atoms with Crippen LogP contribution in [0.4, 0.5) is 5.69 Å². The highest BCUT2D eigenvalue weighted by molar-refractivity contribution is 9.10. The molecule has 0 N–H and O–H groups in total. The van der Waals surface area contributed by atoms with Crippen LogP contribution in [-0.2, 0) is 4.79 Å². The number of benzene rings is 1. The molecule has 0 heterocycles. The number of ketones is 1. The number of hydrogen-bond donors (Lipinski definition) is 0. The predicted octanol–water partition coefficient (Wildman–Crippen LogP) is 3.64. The number of hydrogen-bond acceptors (Lipinski definition) is 4. The van der Waals surface area contributed by atoms with E-state index < -0.39 is 4.92 Å². The molecule has 2 saturated carbocycles. The molecule has 2 aliphatic rings. The van der Waals surface area contributed by atoms with Crippen molar-refractivity contribution in [2.24, 2.45) is 5.41 Å². The standard InChI is InChI=1S/C14H14BrNO4/c15-9-5-10(16(18)19)7-11(6-9)20-13-8-12(17)14(13)3-1-2-4-14/h5-7,13H,1-4,8H2. The molecule has 0 aliphatic heterocycles. The van der Waals surface area contributed by atoms with E-state index in [2.05, 4.69) is 15.9 Å². The fraction of sp³-hybridized carbons (Fsp3) is 0.500. The van der Waals surface area contributed by atoms with E-state index in [-0.39, 0.29) is 23.0 Å². The minimum Gasteiger partial charge on any atom is -0.489 e. The molecule has 5 nitrogen and oxygen atoms in total. The summed E-state index contributed by atoms with van der Waals surface area (Å²) < 4.78 is 6.48. The van der Waals surface area contributed by atoms with Crippen molar-refractivity contribution in [2.45, 2.75) is 38.2 Å². The molecule has 2 fully saturated rings. The minimum atomic E-state index is -0.450. The highest BCUT2D eigenvalue weighted by Crippen LogP contribution is 2.52. The fourth-order valence-corrected chi connectivity index (χ4v) is 3.72. The number of carbonyl (C=O) groups excluding carboxylic acids is 1. The van der Waals surface area contributed by atoms with Crippen molar-refractivity contribution in [3.05, 3.63) is 32.8 Å². The van der Waals surface area contributed by atoms with Crippen molar-refractivity contribution >= 4 is 27.4 Å². The van der Waals surface area contributed by atoms with Crippen LogP contribution in [0.25, 0.3) is 0 Å². The number of rotatable bonds is 3. The summed E-state index contributed by atoms with van der Waals surface area (Å²) in [4.78, 5) is 22.3. The van der Waals surface area contributed by atoms with Crippen LogP contribution in [0, 0.1) is 15.5 Å². The number of non-ortho nitro benzene ring substituents is 1. The van der Waals surface area contributed by atoms with Gasteiger partial charge in [-0.3, -0.25) is 14.9 Å². The third kappa shape index (κ3) is 2.12. The molecule has 1 aromatic carbocycles. The van der Waals surface area contributed by atoms with Crippen molar-refractivity contribution in [3.8, 4) is 5.75 Å². The molecule has 1 atom stereocenters. The first-order valence-electron chi connectivity index (χ1n) is 6.66. The molecule has 1 spiro atoms. The SMILES string of the molecule is O=C1CC(Oc2cc(Br)cc([N+](=O)[O-])c2)C12CCCC2. The van der Waals surface area contributed by atoms with E-state index in [1.54, 1.807) is 6.07 Å². The van der Waals surface area contributed by atoms with E-state index in [9.17, 15) is 14.9 Å². The lowest BCUT2D eigenvalue weighted by molar-refractivity contribution is -0.385. The Bertz CT molecular complexity index is 581. The summed E-state index contributed by atoms with van der Waals surface area (Å²) in [5, 5.41) is 10.9. The molecule has 1 unspecified atom stereocenters. The molecule has 20 heavy (non-hydrogen) atoms.